The molecule has 4 saturated carbocycles. The Kier molecular flexibility index (Phi) is 30.0. The van der Waals surface area contributed by atoms with E-state index in [-0.39, 0.29) is 92.9 Å². The number of carbonyl (C=O) groups excluding carboxylic acids is 8. The predicted octanol–water partition coefficient (Wildman–Crippen LogP) is 3.60. The topological polar surface area (TPSA) is 590 Å². The van der Waals surface area contributed by atoms with Crippen molar-refractivity contribution in [2.45, 2.75) is 232 Å². The Labute approximate surface area is 764 Å². The second kappa shape index (κ2) is 40.6. The van der Waals surface area contributed by atoms with E-state index in [1.807, 2.05) is 13.8 Å². The summed E-state index contributed by atoms with van der Waals surface area (Å²) in [5.41, 5.74) is 8.19. The maximum absolute atomic E-state index is 16.6. The van der Waals surface area contributed by atoms with Crippen LogP contribution in [0.5, 0.6) is 51.7 Å². The van der Waals surface area contributed by atoms with E-state index in [2.05, 4.69) is 59.5 Å². The van der Waals surface area contributed by atoms with Crippen LogP contribution in [0.15, 0.2) is 102 Å². The van der Waals surface area contributed by atoms with Gasteiger partial charge in [-0.25, -0.2) is 13.1 Å². The van der Waals surface area contributed by atoms with Gasteiger partial charge < -0.3 is 138 Å². The second-order valence-electron chi connectivity index (χ2n) is 35.7. The lowest BCUT2D eigenvalue weighted by molar-refractivity contribution is -0.333. The van der Waals surface area contributed by atoms with Gasteiger partial charge in [-0.15, -0.1) is 0 Å². The molecule has 131 heavy (non-hydrogen) atoms. The Morgan fingerprint density at radius 1 is 0.687 bits per heavy atom. The molecule has 23 N–H and O–H groups in total. The molecule has 8 amide bonds. The number of likely N-dealkylation sites (N-methyl/N-ethyl adjacent to an activating group) is 1. The molecule has 0 spiro atoms. The minimum absolute atomic E-state index is 0.00194. The van der Waals surface area contributed by atoms with Crippen molar-refractivity contribution in [3.05, 3.63) is 140 Å². The summed E-state index contributed by atoms with van der Waals surface area (Å²) < 4.78 is 74.6. The fraction of sp³-hybridized carbons (Fsp3) is 0.511. The molecular formula is C90H112Cl2N12O26S. The van der Waals surface area contributed by atoms with Crippen molar-refractivity contribution in [2.75, 3.05) is 33.4 Å². The number of phenols is 3. The number of aliphatic hydroxyl groups is 6. The molecule has 7 aliphatic heterocycles. The van der Waals surface area contributed by atoms with Gasteiger partial charge in [0.1, 0.15) is 101 Å². The van der Waals surface area contributed by atoms with Crippen LogP contribution in [0.4, 0.5) is 0 Å². The number of benzene rings is 6. The third kappa shape index (κ3) is 21.3. The number of carbonyl (C=O) groups is 8. The van der Waals surface area contributed by atoms with Crippen molar-refractivity contribution in [1.82, 2.24) is 52.6 Å². The number of phenolic OH excluding ortho intramolecular Hbond substituents is 3. The largest absolute Gasteiger partial charge is 0.507 e. The number of aromatic hydroxyl groups is 3. The van der Waals surface area contributed by atoms with Crippen LogP contribution in [0.2, 0.25) is 10.0 Å². The molecule has 6 aromatic carbocycles. The minimum atomic E-state index is -4.14. The molecule has 18 atom stereocenters. The molecule has 38 nitrogen and oxygen atoms in total. The number of nitrogens with two attached hydrogens (primary N) is 2. The number of hydrogen-bond donors (Lipinski definition) is 21. The van der Waals surface area contributed by atoms with Gasteiger partial charge in [0.15, 0.2) is 23.9 Å². The van der Waals surface area contributed by atoms with Crippen molar-refractivity contribution in [3.8, 4) is 62.9 Å². The number of halogens is 2. The normalized spacial score (nSPS) is 29.7. The van der Waals surface area contributed by atoms with E-state index >= 15 is 28.8 Å². The molecule has 17 rings (SSSR count). The van der Waals surface area contributed by atoms with E-state index in [1.54, 1.807) is 0 Å². The van der Waals surface area contributed by atoms with Crippen molar-refractivity contribution in [1.29, 1.82) is 0 Å². The molecule has 41 heteroatoms. The zero-order chi connectivity index (χ0) is 94.1. The van der Waals surface area contributed by atoms with Crippen LogP contribution < -0.4 is 83.0 Å². The minimum Gasteiger partial charge on any atom is -0.507 e. The predicted molar refractivity (Wildman–Crippen MR) is 469 cm³/mol. The fourth-order valence-electron chi connectivity index (χ4n) is 19.0. The van der Waals surface area contributed by atoms with E-state index in [0.29, 0.717) is 24.2 Å². The van der Waals surface area contributed by atoms with Crippen molar-refractivity contribution in [2.24, 2.45) is 41.1 Å². The Balaban J connectivity index is 0.933. The second-order valence-corrected chi connectivity index (χ2v) is 38.3. The van der Waals surface area contributed by atoms with Crippen LogP contribution in [0, 0.1) is 29.6 Å². The number of ether oxygens (including phenoxy) is 7. The highest BCUT2D eigenvalue weighted by Gasteiger charge is 2.54. The number of rotatable bonds is 26. The van der Waals surface area contributed by atoms with Gasteiger partial charge >= 0.3 is 0 Å². The van der Waals surface area contributed by atoms with Gasteiger partial charge in [-0.05, 0) is 202 Å². The van der Waals surface area contributed by atoms with Gasteiger partial charge in [-0.3, -0.25) is 38.4 Å². The first-order chi connectivity index (χ1) is 62.3. The molecule has 6 fully saturated rings. The summed E-state index contributed by atoms with van der Waals surface area (Å²) >= 11 is 14.5. The quantitative estimate of drug-likeness (QED) is 0.0345. The maximum atomic E-state index is 16.6. The van der Waals surface area contributed by atoms with Gasteiger partial charge in [-0.1, -0.05) is 75.0 Å². The molecule has 15 bridgehead atoms. The summed E-state index contributed by atoms with van der Waals surface area (Å²) in [4.78, 5) is 123. The van der Waals surface area contributed by atoms with Gasteiger partial charge in [-0.2, -0.15) is 0 Å². The van der Waals surface area contributed by atoms with Crippen LogP contribution in [0.1, 0.15) is 169 Å². The standard InChI is InChI=1S/C90H112Cl2N12O26S/c1-7-8-9-22-124-49-13-15-50(16-14-49)131(122,123)97-21-20-96-37-53-59(107)34-52-67(76(53)111)51-29-43(10-17-58(51)106)69-84(117)104-73(88(121)102-71(52)86(119)99-68-46-25-41-24-42(27-46)28-47(68)26-41)75(110)45-12-19-61(55(92)31-45)127-63-33-48-32-62(79(63)130-89-80(78(113)77(112)64(38-105)128-89)129-66-36-90(5,94)81(114)40(4)125-66)126-60-18-11-44(30-54(60)91)74(109)72(103-82(115)56(95-6)23-39(2)3)87(120)98-57(35-65(93)108)83(116)100-70(48)85(118)101-69/h10-19,29-34,39-42,46-47,56-57,64,66,68-75,77-78,80-81,89,95-97,105-107,109-114H,7-9,20-28,35-38,94H2,1-6H3,(H2,93,108)(H,98,120)(H,99,119)(H,100,116)(H,101,118)(H,102,121)(H,103,115)(H,104,117)/t40-,41?,42?,46?,47?,56+,57-,64+,66-,68?,69+,70+,71-,72+,73-,74+,75+,77+,78-,80+,81+,89-,90-/m0/s1. The average molecular weight is 1880 g/mol. The summed E-state index contributed by atoms with van der Waals surface area (Å²) in [7, 11) is -2.66. The molecule has 11 aliphatic rings. The first-order valence-electron chi connectivity index (χ1n) is 43.8. The van der Waals surface area contributed by atoms with Crippen LogP contribution >= 0.6 is 23.2 Å². The number of sulfonamides is 1. The third-order valence-corrected chi connectivity index (χ3v) is 27.7. The summed E-state index contributed by atoms with van der Waals surface area (Å²) in [5, 5.41) is 133. The van der Waals surface area contributed by atoms with E-state index in [9.17, 15) is 64.0 Å². The summed E-state index contributed by atoms with van der Waals surface area (Å²) in [6, 6.07) is 4.68. The number of hydrogen-bond acceptors (Lipinski definition) is 29. The lowest BCUT2D eigenvalue weighted by Crippen LogP contribution is -2.64. The molecule has 6 aromatic rings. The molecule has 0 unspecified atom stereocenters. The first kappa shape index (κ1) is 96.7. The van der Waals surface area contributed by atoms with Gasteiger partial charge in [0.05, 0.1) is 58.4 Å². The fourth-order valence-corrected chi connectivity index (χ4v) is 20.5. The zero-order valence-electron chi connectivity index (χ0n) is 72.6. The van der Waals surface area contributed by atoms with Crippen LogP contribution in [0.25, 0.3) is 11.1 Å². The summed E-state index contributed by atoms with van der Waals surface area (Å²) in [6.07, 6.45) is -11.9. The van der Waals surface area contributed by atoms with Crippen LogP contribution in [0.3, 0.4) is 0 Å². The van der Waals surface area contributed by atoms with E-state index in [0.717, 1.165) is 99.9 Å². The molecule has 0 radical (unpaired) electrons. The van der Waals surface area contributed by atoms with E-state index in [1.165, 1.54) is 69.4 Å². The van der Waals surface area contributed by atoms with Crippen LogP contribution in [-0.4, -0.2) is 220 Å². The Morgan fingerprint density at radius 3 is 1.92 bits per heavy atom. The third-order valence-electron chi connectivity index (χ3n) is 25.6. The first-order valence-corrected chi connectivity index (χ1v) is 46.0. The van der Waals surface area contributed by atoms with E-state index in [4.69, 9.17) is 67.8 Å². The highest BCUT2D eigenvalue weighted by atomic mass is 35.5. The smallest absolute Gasteiger partial charge is 0.248 e. The number of nitrogens with one attached hydrogen (secondary N) is 10. The molecule has 708 valence electrons. The lowest BCUT2D eigenvalue weighted by atomic mass is 9.54. The molecular weight excluding hydrogens is 1770 g/mol. The van der Waals surface area contributed by atoms with Gasteiger partial charge in [0.25, 0.3) is 0 Å². The zero-order valence-corrected chi connectivity index (χ0v) is 74.9. The Morgan fingerprint density at radius 2 is 1.31 bits per heavy atom. The molecule has 2 saturated heterocycles. The molecule has 7 heterocycles. The Bertz CT molecular complexity index is 5380. The number of aliphatic hydroxyl groups excluding tert-OH is 6. The van der Waals surface area contributed by atoms with Crippen molar-refractivity contribution >= 4 is 80.5 Å². The van der Waals surface area contributed by atoms with Crippen molar-refractivity contribution < 1.29 is 126 Å². The SMILES string of the molecule is CCCCCOc1ccc(S(=O)(=O)NCCNCc2c(O)cc3c(c2O)-c2cc(ccc2O)[C@H]2NC(=O)[C@@H]4NC(=O)[C@H](CC(N)=O)NC(=O)[C@H](NC(=O)[C@@H](CC(C)C)NC)[C@H](O)c5ccc(c(Cl)c5)Oc5cc4cc(c5O[C@@H]4O[C@H](CO)[C@@H](O)[C@H](O)[C@H]4O[C@H]4C[C@](C)(N)[C@H](O)[C@H](C)O4)Oc4ccc(cc4Cl)[C@@H](O)[C@H](NC2=O)C(=O)N[C@@H]3C(=O)NC2C3CC4CC(C3)CC2C4)cc1. The van der Waals surface area contributed by atoms with Gasteiger partial charge in [0.2, 0.25) is 69.3 Å². The summed E-state index contributed by atoms with van der Waals surface area (Å²) in [6.45, 7) is 7.28. The average Bonchev–Trinajstić information content (AvgIpc) is 0.745. The number of amides is 8. The highest BCUT2D eigenvalue weighted by Crippen LogP contribution is 2.55. The lowest BCUT2D eigenvalue weighted by Gasteiger charge is -2.54. The van der Waals surface area contributed by atoms with Crippen LogP contribution in [-0.2, 0) is 69.1 Å². The van der Waals surface area contributed by atoms with E-state index < -0.39 is 248 Å². The van der Waals surface area contributed by atoms with Gasteiger partial charge in [0, 0.05) is 48.8 Å². The number of primary amides is 1. The molecule has 4 aliphatic carbocycles. The number of fused-ring (bicyclic) bond motifs is 15. The summed E-state index contributed by atoms with van der Waals surface area (Å²) in [5.74, 6) is -13.6. The molecule has 0 aromatic heterocycles. The van der Waals surface area contributed by atoms with Crippen molar-refractivity contribution in [3.63, 3.8) is 0 Å². The highest BCUT2D eigenvalue weighted by molar-refractivity contribution is 7.89. The monoisotopic (exact) mass is 1880 g/mol. The Hall–Kier alpha value is -10.3. The maximum Gasteiger partial charge on any atom is 0.248 e. The number of unbranched alkanes of at least 4 members (excludes halogenated alkanes) is 2.